The maximum Gasteiger partial charge on any atom is 0.270 e. The fraction of sp³-hybridized carbons (Fsp3) is 0.316. The summed E-state index contributed by atoms with van der Waals surface area (Å²) < 4.78 is 0. The van der Waals surface area contributed by atoms with Crippen molar-refractivity contribution < 1.29 is 4.79 Å². The summed E-state index contributed by atoms with van der Waals surface area (Å²) in [7, 11) is 3.81. The van der Waals surface area contributed by atoms with Crippen LogP contribution >= 0.6 is 0 Å². The molecule has 3 rings (SSSR count). The number of hydrazine groups is 1. The zero-order chi connectivity index (χ0) is 16.6. The van der Waals surface area contributed by atoms with Crippen molar-refractivity contribution in [2.75, 3.05) is 14.1 Å². The van der Waals surface area contributed by atoms with Crippen LogP contribution in [0, 0.1) is 0 Å². The Balaban J connectivity index is 2.33. The van der Waals surface area contributed by atoms with Crippen LogP contribution in [0.2, 0.25) is 0 Å². The average Bonchev–Trinajstić information content (AvgIpc) is 2.78. The number of nitrogens with zero attached hydrogens (tertiary/aromatic N) is 2. The summed E-state index contributed by atoms with van der Waals surface area (Å²) in [6.45, 7) is 4.20. The summed E-state index contributed by atoms with van der Waals surface area (Å²) in [6.07, 6.45) is 0. The molecule has 0 aliphatic carbocycles. The van der Waals surface area contributed by atoms with E-state index in [-0.39, 0.29) is 11.9 Å². The van der Waals surface area contributed by atoms with Gasteiger partial charge in [0, 0.05) is 31.3 Å². The third-order valence-corrected chi connectivity index (χ3v) is 4.15. The molecule has 4 heteroatoms. The number of benzene rings is 2. The van der Waals surface area contributed by atoms with Gasteiger partial charge in [0.25, 0.3) is 5.91 Å². The zero-order valence-electron chi connectivity index (χ0n) is 14.1. The normalized spacial score (nSPS) is 20.4. The molecule has 1 aliphatic rings. The highest BCUT2D eigenvalue weighted by Gasteiger charge is 2.52. The maximum atomic E-state index is 13.1. The highest BCUT2D eigenvalue weighted by Crippen LogP contribution is 2.42. The van der Waals surface area contributed by atoms with Crippen LogP contribution in [0.4, 0.5) is 0 Å². The number of amides is 1. The van der Waals surface area contributed by atoms with E-state index in [1.54, 1.807) is 0 Å². The van der Waals surface area contributed by atoms with E-state index in [0.717, 1.165) is 16.7 Å². The number of hydrogen-bond donors (Lipinski definition) is 1. The number of hydrogen-bond acceptors (Lipinski definition) is 3. The Kier molecular flexibility index (Phi) is 3.96. The monoisotopic (exact) mass is 309 g/mol. The van der Waals surface area contributed by atoms with Crippen LogP contribution in [0.25, 0.3) is 0 Å². The van der Waals surface area contributed by atoms with Gasteiger partial charge in [-0.3, -0.25) is 10.1 Å². The Morgan fingerprint density at radius 2 is 1.61 bits per heavy atom. The van der Waals surface area contributed by atoms with Gasteiger partial charge in [-0.15, -0.1) is 0 Å². The molecular formula is C19H23N3O. The van der Waals surface area contributed by atoms with Crippen LogP contribution in [0.5, 0.6) is 0 Å². The van der Waals surface area contributed by atoms with Gasteiger partial charge in [-0.2, -0.15) is 0 Å². The van der Waals surface area contributed by atoms with Crippen molar-refractivity contribution in [1.29, 1.82) is 0 Å². The van der Waals surface area contributed by atoms with E-state index >= 15 is 0 Å². The minimum atomic E-state index is -0.688. The quantitative estimate of drug-likeness (QED) is 0.943. The van der Waals surface area contributed by atoms with Crippen molar-refractivity contribution >= 4 is 5.91 Å². The van der Waals surface area contributed by atoms with E-state index in [0.29, 0.717) is 0 Å². The molecule has 1 amide bonds. The van der Waals surface area contributed by atoms with E-state index in [1.165, 1.54) is 0 Å². The van der Waals surface area contributed by atoms with Crippen LogP contribution in [-0.2, 0) is 5.66 Å². The molecule has 4 nitrogen and oxygen atoms in total. The van der Waals surface area contributed by atoms with E-state index < -0.39 is 5.66 Å². The molecule has 2 aromatic carbocycles. The molecule has 1 unspecified atom stereocenters. The van der Waals surface area contributed by atoms with Crippen molar-refractivity contribution in [3.8, 4) is 0 Å². The van der Waals surface area contributed by atoms with E-state index in [4.69, 9.17) is 0 Å². The van der Waals surface area contributed by atoms with E-state index in [9.17, 15) is 4.79 Å². The Hall–Kier alpha value is -2.17. The summed E-state index contributed by atoms with van der Waals surface area (Å²) in [6, 6.07) is 18.2. The van der Waals surface area contributed by atoms with Crippen LogP contribution in [0.15, 0.2) is 54.6 Å². The second-order valence-corrected chi connectivity index (χ2v) is 6.39. The third-order valence-electron chi connectivity index (χ3n) is 4.15. The molecule has 2 aromatic rings. The lowest BCUT2D eigenvalue weighted by Crippen LogP contribution is -2.61. The van der Waals surface area contributed by atoms with Crippen molar-refractivity contribution in [3.05, 3.63) is 71.3 Å². The summed E-state index contributed by atoms with van der Waals surface area (Å²) in [5.41, 5.74) is 2.12. The average molecular weight is 309 g/mol. The third kappa shape index (κ3) is 2.35. The van der Waals surface area contributed by atoms with Crippen LogP contribution in [-0.4, -0.2) is 36.1 Å². The predicted octanol–water partition coefficient (Wildman–Crippen LogP) is 2.82. The molecule has 1 N–H and O–H groups in total. The van der Waals surface area contributed by atoms with Gasteiger partial charge in [0.15, 0.2) is 5.66 Å². The Morgan fingerprint density at radius 1 is 1.00 bits per heavy atom. The Morgan fingerprint density at radius 3 is 2.22 bits per heavy atom. The zero-order valence-corrected chi connectivity index (χ0v) is 14.1. The number of nitrogens with one attached hydrogen (secondary N) is 1. The van der Waals surface area contributed by atoms with Crippen LogP contribution in [0.3, 0.4) is 0 Å². The molecule has 23 heavy (non-hydrogen) atoms. The molecule has 0 radical (unpaired) electrons. The SMILES string of the molecule is CC(C)NC1(c2ccccc2)c2ccccc2C(=O)N1N(C)C. The summed E-state index contributed by atoms with van der Waals surface area (Å²) in [5.74, 6) is 0.0163. The Bertz CT molecular complexity index is 712. The molecular weight excluding hydrogens is 286 g/mol. The first-order valence-electron chi connectivity index (χ1n) is 7.93. The number of fused-ring (bicyclic) bond motifs is 1. The van der Waals surface area contributed by atoms with Crippen molar-refractivity contribution in [1.82, 2.24) is 15.3 Å². The minimum Gasteiger partial charge on any atom is -0.284 e. The lowest BCUT2D eigenvalue weighted by Gasteiger charge is -2.44. The van der Waals surface area contributed by atoms with Crippen molar-refractivity contribution in [2.24, 2.45) is 0 Å². The fourth-order valence-electron chi connectivity index (χ4n) is 3.44. The van der Waals surface area contributed by atoms with Gasteiger partial charge in [-0.1, -0.05) is 48.5 Å². The van der Waals surface area contributed by atoms with Crippen LogP contribution < -0.4 is 5.32 Å². The van der Waals surface area contributed by atoms with Gasteiger partial charge >= 0.3 is 0 Å². The van der Waals surface area contributed by atoms with Gasteiger partial charge in [-0.25, -0.2) is 10.0 Å². The molecule has 0 bridgehead atoms. The highest BCUT2D eigenvalue weighted by atomic mass is 16.2. The number of rotatable bonds is 4. The van der Waals surface area contributed by atoms with Gasteiger partial charge in [0.1, 0.15) is 0 Å². The summed E-state index contributed by atoms with van der Waals surface area (Å²) in [5, 5.41) is 7.33. The molecule has 0 saturated heterocycles. The number of carbonyl (C=O) groups is 1. The molecule has 0 fully saturated rings. The first-order chi connectivity index (χ1) is 11.0. The van der Waals surface area contributed by atoms with Crippen molar-refractivity contribution in [3.63, 3.8) is 0 Å². The minimum absolute atomic E-state index is 0.0163. The maximum absolute atomic E-state index is 13.1. The smallest absolute Gasteiger partial charge is 0.270 e. The topological polar surface area (TPSA) is 35.6 Å². The van der Waals surface area contributed by atoms with Gasteiger partial charge in [0.2, 0.25) is 0 Å². The fourth-order valence-corrected chi connectivity index (χ4v) is 3.44. The first-order valence-corrected chi connectivity index (χ1v) is 7.93. The van der Waals surface area contributed by atoms with Gasteiger partial charge in [0.05, 0.1) is 0 Å². The lowest BCUT2D eigenvalue weighted by molar-refractivity contribution is -0.0430. The largest absolute Gasteiger partial charge is 0.284 e. The molecule has 1 atom stereocenters. The van der Waals surface area contributed by atoms with Gasteiger partial charge < -0.3 is 0 Å². The lowest BCUT2D eigenvalue weighted by atomic mass is 9.90. The predicted molar refractivity (Wildman–Crippen MR) is 91.8 cm³/mol. The highest BCUT2D eigenvalue weighted by molar-refractivity contribution is 6.00. The van der Waals surface area contributed by atoms with Gasteiger partial charge in [-0.05, 0) is 25.5 Å². The standard InChI is InChI=1S/C19H23N3O/c1-14(2)20-19(15-10-6-5-7-11-15)17-13-9-8-12-16(17)18(23)22(19)21(3)4/h5-14,20H,1-4H3. The van der Waals surface area contributed by atoms with Crippen LogP contribution in [0.1, 0.15) is 35.3 Å². The molecule has 1 aliphatic heterocycles. The second-order valence-electron chi connectivity index (χ2n) is 6.39. The van der Waals surface area contributed by atoms with E-state index in [2.05, 4.69) is 31.3 Å². The first kappa shape index (κ1) is 15.7. The molecule has 0 saturated carbocycles. The molecule has 1 heterocycles. The second kappa shape index (κ2) is 5.80. The Labute approximate surface area is 137 Å². The summed E-state index contributed by atoms with van der Waals surface area (Å²) >= 11 is 0. The summed E-state index contributed by atoms with van der Waals surface area (Å²) in [4.78, 5) is 13.1. The molecule has 0 aromatic heterocycles. The molecule has 120 valence electrons. The van der Waals surface area contributed by atoms with Crippen molar-refractivity contribution in [2.45, 2.75) is 25.6 Å². The van der Waals surface area contributed by atoms with E-state index in [1.807, 2.05) is 66.6 Å². The molecule has 0 spiro atoms. The number of carbonyl (C=O) groups excluding carboxylic acids is 1.